The molecule has 0 unspecified atom stereocenters. The van der Waals surface area contributed by atoms with E-state index in [2.05, 4.69) is 15.5 Å². The van der Waals surface area contributed by atoms with E-state index in [4.69, 9.17) is 11.6 Å². The molecular weight excluding hydrogens is 357 g/mol. The van der Waals surface area contributed by atoms with Crippen LogP contribution in [0.4, 0.5) is 4.39 Å². The summed E-state index contributed by atoms with van der Waals surface area (Å²) >= 11 is 5.79. The summed E-state index contributed by atoms with van der Waals surface area (Å²) in [5.74, 6) is -0.776. The third-order valence-electron chi connectivity index (χ3n) is 4.82. The molecule has 3 rings (SSSR count). The van der Waals surface area contributed by atoms with Gasteiger partial charge in [0.2, 0.25) is 5.91 Å². The topological polar surface area (TPSA) is 61.4 Å². The van der Waals surface area contributed by atoms with Crippen molar-refractivity contribution in [2.45, 2.75) is 45.2 Å². The molecule has 26 heavy (non-hydrogen) atoms. The lowest BCUT2D eigenvalue weighted by atomic mass is 9.60. The smallest absolute Gasteiger partial charge is 0.251 e. The number of hydrogen-bond acceptors (Lipinski definition) is 3. The van der Waals surface area contributed by atoms with Crippen LogP contribution in [0.1, 0.15) is 44.0 Å². The summed E-state index contributed by atoms with van der Waals surface area (Å²) < 4.78 is 13.4. The molecule has 2 amide bonds. The number of nitrogens with zero attached hydrogens (tertiary/aromatic N) is 1. The fourth-order valence-corrected chi connectivity index (χ4v) is 4.20. The molecule has 1 heterocycles. The lowest BCUT2D eigenvalue weighted by Gasteiger charge is -2.59. The highest BCUT2D eigenvalue weighted by Crippen LogP contribution is 2.48. The minimum atomic E-state index is -0.518. The van der Waals surface area contributed by atoms with Gasteiger partial charge in [-0.05, 0) is 57.2 Å². The first-order chi connectivity index (χ1) is 12.0. The van der Waals surface area contributed by atoms with Gasteiger partial charge in [-0.1, -0.05) is 11.6 Å². The van der Waals surface area contributed by atoms with Crippen LogP contribution in [0.25, 0.3) is 0 Å². The van der Waals surface area contributed by atoms with E-state index in [0.717, 1.165) is 25.9 Å². The van der Waals surface area contributed by atoms with Crippen molar-refractivity contribution in [2.24, 2.45) is 5.41 Å². The number of carbonyl (C=O) groups excluding carboxylic acids is 2. The van der Waals surface area contributed by atoms with Crippen LogP contribution in [0.5, 0.6) is 0 Å². The molecule has 5 nitrogen and oxygen atoms in total. The van der Waals surface area contributed by atoms with E-state index in [-0.39, 0.29) is 39.4 Å². The van der Waals surface area contributed by atoms with Gasteiger partial charge in [0.05, 0.1) is 6.54 Å². The second-order valence-corrected chi connectivity index (χ2v) is 9.12. The number of nitrogens with one attached hydrogen (secondary N) is 2. The van der Waals surface area contributed by atoms with E-state index in [1.807, 2.05) is 20.8 Å². The summed E-state index contributed by atoms with van der Waals surface area (Å²) in [6.45, 7) is 8.07. The molecule has 0 bridgehead atoms. The van der Waals surface area contributed by atoms with Crippen LogP contribution in [0, 0.1) is 11.2 Å². The van der Waals surface area contributed by atoms with Crippen LogP contribution in [0.2, 0.25) is 5.02 Å². The van der Waals surface area contributed by atoms with Crippen molar-refractivity contribution in [2.75, 3.05) is 19.6 Å². The van der Waals surface area contributed by atoms with Crippen LogP contribution in [-0.2, 0) is 4.79 Å². The molecule has 1 aromatic rings. The van der Waals surface area contributed by atoms with Crippen LogP contribution in [0.15, 0.2) is 18.2 Å². The number of halogens is 2. The Labute approximate surface area is 158 Å². The zero-order valence-electron chi connectivity index (χ0n) is 15.4. The number of likely N-dealkylation sites (tertiary alicyclic amines) is 1. The molecule has 1 saturated heterocycles. The third-order valence-corrected chi connectivity index (χ3v) is 5.04. The SMILES string of the molecule is CC(C)(C)NC(=O)CN1CC2(CC(NC(=O)c3cc(F)cc(Cl)c3)C2)C1. The highest BCUT2D eigenvalue weighted by molar-refractivity contribution is 6.31. The average Bonchev–Trinajstić information content (AvgIpc) is 2.39. The predicted molar refractivity (Wildman–Crippen MR) is 98.7 cm³/mol. The van der Waals surface area contributed by atoms with Crippen molar-refractivity contribution in [1.29, 1.82) is 0 Å². The molecule has 142 valence electrons. The van der Waals surface area contributed by atoms with E-state index in [9.17, 15) is 14.0 Å². The molecule has 0 aromatic heterocycles. The van der Waals surface area contributed by atoms with E-state index >= 15 is 0 Å². The van der Waals surface area contributed by atoms with Gasteiger partial charge in [-0.25, -0.2) is 4.39 Å². The summed E-state index contributed by atoms with van der Waals surface area (Å²) in [4.78, 5) is 26.3. The van der Waals surface area contributed by atoms with Crippen LogP contribution in [-0.4, -0.2) is 47.9 Å². The van der Waals surface area contributed by atoms with Crippen molar-refractivity contribution in [3.8, 4) is 0 Å². The van der Waals surface area contributed by atoms with Gasteiger partial charge in [-0.15, -0.1) is 0 Å². The number of hydrogen-bond donors (Lipinski definition) is 2. The Morgan fingerprint density at radius 1 is 1.27 bits per heavy atom. The normalized spacial score (nSPS) is 19.6. The maximum Gasteiger partial charge on any atom is 0.251 e. The molecular formula is C19H25ClFN3O2. The molecule has 0 radical (unpaired) electrons. The number of benzene rings is 1. The summed E-state index contributed by atoms with van der Waals surface area (Å²) in [5, 5.41) is 6.11. The van der Waals surface area contributed by atoms with E-state index in [1.54, 1.807) is 0 Å². The van der Waals surface area contributed by atoms with Gasteiger partial charge in [0.15, 0.2) is 0 Å². The molecule has 1 spiro atoms. The van der Waals surface area contributed by atoms with Crippen molar-refractivity contribution < 1.29 is 14.0 Å². The van der Waals surface area contributed by atoms with Crippen molar-refractivity contribution in [3.63, 3.8) is 0 Å². The first-order valence-electron chi connectivity index (χ1n) is 8.84. The number of amides is 2. The van der Waals surface area contributed by atoms with Gasteiger partial charge in [-0.2, -0.15) is 0 Å². The molecule has 1 aliphatic heterocycles. The highest BCUT2D eigenvalue weighted by atomic mass is 35.5. The van der Waals surface area contributed by atoms with E-state index in [0.29, 0.717) is 6.54 Å². The Balaban J connectivity index is 1.41. The largest absolute Gasteiger partial charge is 0.350 e. The van der Waals surface area contributed by atoms with Crippen LogP contribution >= 0.6 is 11.6 Å². The second-order valence-electron chi connectivity index (χ2n) is 8.68. The van der Waals surface area contributed by atoms with Gasteiger partial charge < -0.3 is 10.6 Å². The second kappa shape index (κ2) is 6.82. The quantitative estimate of drug-likeness (QED) is 0.842. The fraction of sp³-hybridized carbons (Fsp3) is 0.579. The fourth-order valence-electron chi connectivity index (χ4n) is 3.97. The van der Waals surface area contributed by atoms with Crippen molar-refractivity contribution in [3.05, 3.63) is 34.6 Å². The average molecular weight is 382 g/mol. The molecule has 1 saturated carbocycles. The molecule has 1 aromatic carbocycles. The van der Waals surface area contributed by atoms with Gasteiger partial charge in [0, 0.05) is 35.3 Å². The summed E-state index contributed by atoms with van der Waals surface area (Å²) in [5.41, 5.74) is 0.232. The Kier molecular flexibility index (Phi) is 5.01. The zero-order valence-corrected chi connectivity index (χ0v) is 16.1. The molecule has 7 heteroatoms. The minimum Gasteiger partial charge on any atom is -0.350 e. The Hall–Kier alpha value is -1.66. The summed E-state index contributed by atoms with van der Waals surface area (Å²) in [6, 6.07) is 3.92. The lowest BCUT2D eigenvalue weighted by molar-refractivity contribution is -0.131. The van der Waals surface area contributed by atoms with Gasteiger partial charge in [-0.3, -0.25) is 14.5 Å². The third kappa shape index (κ3) is 4.54. The standard InChI is InChI=1S/C19H25ClFN3O2/c1-18(2,3)23-16(25)9-24-10-19(11-24)7-15(8-19)22-17(26)12-4-13(20)6-14(21)5-12/h4-6,15H,7-11H2,1-3H3,(H,22,26)(H,23,25). The first-order valence-corrected chi connectivity index (χ1v) is 9.22. The first kappa shape index (κ1) is 19.1. The molecule has 1 aliphatic carbocycles. The molecule has 2 aliphatic rings. The van der Waals surface area contributed by atoms with Gasteiger partial charge in [0.25, 0.3) is 5.91 Å². The molecule has 2 N–H and O–H groups in total. The lowest BCUT2D eigenvalue weighted by Crippen LogP contribution is -2.67. The van der Waals surface area contributed by atoms with E-state index < -0.39 is 5.82 Å². The Morgan fingerprint density at radius 2 is 1.92 bits per heavy atom. The van der Waals surface area contributed by atoms with Crippen LogP contribution in [0.3, 0.4) is 0 Å². The highest BCUT2D eigenvalue weighted by Gasteiger charge is 2.52. The summed E-state index contributed by atoms with van der Waals surface area (Å²) in [6.07, 6.45) is 1.78. The van der Waals surface area contributed by atoms with Crippen molar-refractivity contribution >= 4 is 23.4 Å². The summed E-state index contributed by atoms with van der Waals surface area (Å²) in [7, 11) is 0. The van der Waals surface area contributed by atoms with Gasteiger partial charge >= 0.3 is 0 Å². The van der Waals surface area contributed by atoms with Crippen LogP contribution < -0.4 is 10.6 Å². The predicted octanol–water partition coefficient (Wildman–Crippen LogP) is 2.59. The van der Waals surface area contributed by atoms with Crippen molar-refractivity contribution in [1.82, 2.24) is 15.5 Å². The maximum atomic E-state index is 13.4. The molecule has 2 fully saturated rings. The van der Waals surface area contributed by atoms with E-state index in [1.165, 1.54) is 18.2 Å². The maximum absolute atomic E-state index is 13.4. The Morgan fingerprint density at radius 3 is 2.50 bits per heavy atom. The van der Waals surface area contributed by atoms with Gasteiger partial charge in [0.1, 0.15) is 5.82 Å². The zero-order chi connectivity index (χ0) is 19.1. The number of rotatable bonds is 4. The molecule has 0 atom stereocenters. The minimum absolute atomic E-state index is 0.0412. The Bertz CT molecular complexity index is 698. The monoisotopic (exact) mass is 381 g/mol. The number of carbonyl (C=O) groups is 2.